The van der Waals surface area contributed by atoms with Gasteiger partial charge in [0.15, 0.2) is 5.78 Å². The Hall–Kier alpha value is -3.80. The van der Waals surface area contributed by atoms with Crippen molar-refractivity contribution in [3.05, 3.63) is 89.0 Å². The number of imidazole rings is 1. The lowest BCUT2D eigenvalue weighted by atomic mass is 9.84. The van der Waals surface area contributed by atoms with E-state index in [0.717, 1.165) is 22.2 Å². The summed E-state index contributed by atoms with van der Waals surface area (Å²) in [5.74, 6) is 0.0945. The van der Waals surface area contributed by atoms with Gasteiger partial charge in [-0.15, -0.1) is 0 Å². The van der Waals surface area contributed by atoms with E-state index in [9.17, 15) is 9.90 Å². The molecule has 0 bridgehead atoms. The van der Waals surface area contributed by atoms with Gasteiger partial charge in [0.2, 0.25) is 5.62 Å². The summed E-state index contributed by atoms with van der Waals surface area (Å²) in [6.07, 6.45) is 0. The number of carbonyl (C=O) groups excluding carboxylic acids is 1. The summed E-state index contributed by atoms with van der Waals surface area (Å²) in [6.45, 7) is 6.65. The van der Waals surface area contributed by atoms with Gasteiger partial charge >= 0.3 is 0 Å². The van der Waals surface area contributed by atoms with Gasteiger partial charge in [-0.05, 0) is 35.2 Å². The molecule has 176 valence electrons. The standard InChI is InChI=1S/C28H32N4O2/c1-28(2,3)21-15-20(16-24(26(21)34)30(4)5)25(33)18-32-23-14-10-9-13-22(23)31(27(32)29)17-19-11-7-6-8-12-19/h6-16,29,34H,17-18H2,1-5H3. The maximum absolute atomic E-state index is 13.5. The smallest absolute Gasteiger partial charge is 0.203 e. The normalized spacial score (nSPS) is 11.7. The highest BCUT2D eigenvalue weighted by Crippen LogP contribution is 2.38. The van der Waals surface area contributed by atoms with Crippen LogP contribution in [0.5, 0.6) is 5.75 Å². The first-order chi connectivity index (χ1) is 16.1. The van der Waals surface area contributed by atoms with E-state index in [1.54, 1.807) is 16.7 Å². The van der Waals surface area contributed by atoms with Crippen LogP contribution < -0.4 is 10.5 Å². The molecule has 2 N–H and O–H groups in total. The van der Waals surface area contributed by atoms with Gasteiger partial charge in [0, 0.05) is 25.2 Å². The number of para-hydroxylation sites is 2. The highest BCUT2D eigenvalue weighted by Gasteiger charge is 2.24. The summed E-state index contributed by atoms with van der Waals surface area (Å²) >= 11 is 0. The van der Waals surface area contributed by atoms with Crippen molar-refractivity contribution < 1.29 is 9.90 Å². The molecule has 0 saturated carbocycles. The largest absolute Gasteiger partial charge is 0.505 e. The van der Waals surface area contributed by atoms with E-state index in [0.29, 0.717) is 17.8 Å². The third-order valence-corrected chi connectivity index (χ3v) is 6.16. The number of anilines is 1. The molecular formula is C28H32N4O2. The fourth-order valence-corrected chi connectivity index (χ4v) is 4.31. The van der Waals surface area contributed by atoms with E-state index < -0.39 is 0 Å². The predicted octanol–water partition coefficient (Wildman–Crippen LogP) is 4.92. The summed E-state index contributed by atoms with van der Waals surface area (Å²) in [5.41, 5.74) is 4.67. The summed E-state index contributed by atoms with van der Waals surface area (Å²) in [7, 11) is 3.70. The van der Waals surface area contributed by atoms with Gasteiger partial charge in [0.05, 0.1) is 29.8 Å². The molecule has 6 heteroatoms. The van der Waals surface area contributed by atoms with Crippen LogP contribution in [0.4, 0.5) is 5.69 Å². The minimum Gasteiger partial charge on any atom is -0.505 e. The van der Waals surface area contributed by atoms with Crippen LogP contribution in [0.15, 0.2) is 66.7 Å². The number of rotatable bonds is 6. The van der Waals surface area contributed by atoms with Crippen molar-refractivity contribution in [1.82, 2.24) is 9.13 Å². The molecule has 34 heavy (non-hydrogen) atoms. The fraction of sp³-hybridized carbons (Fsp3) is 0.286. The highest BCUT2D eigenvalue weighted by atomic mass is 16.3. The van der Waals surface area contributed by atoms with E-state index >= 15 is 0 Å². The summed E-state index contributed by atoms with van der Waals surface area (Å²) < 4.78 is 3.69. The molecule has 0 unspecified atom stereocenters. The molecule has 0 fully saturated rings. The molecule has 0 aliphatic rings. The first kappa shape index (κ1) is 23.4. The lowest BCUT2D eigenvalue weighted by Gasteiger charge is -2.25. The number of phenols is 1. The molecule has 0 saturated heterocycles. The Bertz CT molecular complexity index is 1410. The first-order valence-electron chi connectivity index (χ1n) is 11.4. The Labute approximate surface area is 200 Å². The lowest BCUT2D eigenvalue weighted by molar-refractivity contribution is 0.0971. The second-order valence-electron chi connectivity index (χ2n) is 9.93. The van der Waals surface area contributed by atoms with E-state index in [1.165, 1.54) is 0 Å². The minimum absolute atomic E-state index is 0.0440. The maximum Gasteiger partial charge on any atom is 0.203 e. The number of nitrogens with one attached hydrogen (secondary N) is 1. The number of fused-ring (bicyclic) bond motifs is 1. The van der Waals surface area contributed by atoms with Crippen LogP contribution in [-0.2, 0) is 18.5 Å². The molecule has 4 aromatic rings. The number of hydrogen-bond acceptors (Lipinski definition) is 4. The van der Waals surface area contributed by atoms with Gasteiger partial charge in [-0.1, -0.05) is 63.2 Å². The number of phenolic OH excluding ortho intramolecular Hbond substituents is 1. The zero-order valence-electron chi connectivity index (χ0n) is 20.5. The molecule has 6 nitrogen and oxygen atoms in total. The monoisotopic (exact) mass is 456 g/mol. The second-order valence-corrected chi connectivity index (χ2v) is 9.93. The van der Waals surface area contributed by atoms with Crippen LogP contribution in [0.3, 0.4) is 0 Å². The molecule has 1 heterocycles. The van der Waals surface area contributed by atoms with Gasteiger partial charge in [-0.3, -0.25) is 10.2 Å². The van der Waals surface area contributed by atoms with Gasteiger partial charge in [0.1, 0.15) is 5.75 Å². The fourth-order valence-electron chi connectivity index (χ4n) is 4.31. The SMILES string of the molecule is CN(C)c1cc(C(=O)Cn2c(=N)n(Cc3ccccc3)c3ccccc32)cc(C(C)(C)C)c1O. The maximum atomic E-state index is 13.5. The topological polar surface area (TPSA) is 74.2 Å². The molecule has 3 aromatic carbocycles. The van der Waals surface area contributed by atoms with Crippen LogP contribution in [0.25, 0.3) is 11.0 Å². The van der Waals surface area contributed by atoms with Crippen molar-refractivity contribution in [3.8, 4) is 5.75 Å². The molecule has 0 amide bonds. The van der Waals surface area contributed by atoms with Crippen molar-refractivity contribution in [3.63, 3.8) is 0 Å². The molecular weight excluding hydrogens is 424 g/mol. The third-order valence-electron chi connectivity index (χ3n) is 6.16. The van der Waals surface area contributed by atoms with Crippen LogP contribution >= 0.6 is 0 Å². The summed E-state index contributed by atoms with van der Waals surface area (Å²) in [5, 5.41) is 19.7. The first-order valence-corrected chi connectivity index (χ1v) is 11.4. The average Bonchev–Trinajstić information content (AvgIpc) is 3.05. The summed E-state index contributed by atoms with van der Waals surface area (Å²) in [6, 6.07) is 21.4. The van der Waals surface area contributed by atoms with Crippen molar-refractivity contribution in [1.29, 1.82) is 5.41 Å². The average molecular weight is 457 g/mol. The molecule has 0 atom stereocenters. The Balaban J connectivity index is 1.78. The number of carbonyl (C=O) groups is 1. The van der Waals surface area contributed by atoms with E-state index in [1.807, 2.05) is 98.9 Å². The molecule has 4 rings (SSSR count). The van der Waals surface area contributed by atoms with E-state index in [-0.39, 0.29) is 29.1 Å². The number of Topliss-reactive ketones (excluding diaryl/α,β-unsaturated/α-hetero) is 1. The van der Waals surface area contributed by atoms with Crippen LogP contribution in [0.1, 0.15) is 42.3 Å². The number of ketones is 1. The summed E-state index contributed by atoms with van der Waals surface area (Å²) in [4.78, 5) is 15.3. The highest BCUT2D eigenvalue weighted by molar-refractivity contribution is 5.98. The van der Waals surface area contributed by atoms with Crippen LogP contribution in [-0.4, -0.2) is 34.1 Å². The number of benzene rings is 3. The number of nitrogens with zero attached hydrogens (tertiary/aromatic N) is 3. The second kappa shape index (κ2) is 8.86. The van der Waals surface area contributed by atoms with Crippen molar-refractivity contribution in [2.24, 2.45) is 0 Å². The molecule has 0 spiro atoms. The molecule has 0 aliphatic heterocycles. The third kappa shape index (κ3) is 4.36. The Morgan fingerprint density at radius 2 is 1.53 bits per heavy atom. The Kier molecular flexibility index (Phi) is 6.09. The molecule has 1 aromatic heterocycles. The zero-order valence-corrected chi connectivity index (χ0v) is 20.5. The Morgan fingerprint density at radius 1 is 0.941 bits per heavy atom. The van der Waals surface area contributed by atoms with Crippen LogP contribution in [0.2, 0.25) is 0 Å². The minimum atomic E-state index is -0.329. The van der Waals surface area contributed by atoms with Gasteiger partial charge in [-0.25, -0.2) is 0 Å². The van der Waals surface area contributed by atoms with Crippen molar-refractivity contribution in [2.75, 3.05) is 19.0 Å². The number of aromatic hydroxyl groups is 1. The predicted molar refractivity (Wildman–Crippen MR) is 137 cm³/mol. The van der Waals surface area contributed by atoms with E-state index in [4.69, 9.17) is 5.41 Å². The molecule has 0 aliphatic carbocycles. The van der Waals surface area contributed by atoms with Gasteiger partial charge < -0.3 is 19.1 Å². The number of hydrogen-bond donors (Lipinski definition) is 2. The Morgan fingerprint density at radius 3 is 2.12 bits per heavy atom. The van der Waals surface area contributed by atoms with Gasteiger partial charge in [-0.2, -0.15) is 0 Å². The zero-order chi connectivity index (χ0) is 24.6. The molecule has 0 radical (unpaired) electrons. The van der Waals surface area contributed by atoms with Gasteiger partial charge in [0.25, 0.3) is 0 Å². The number of aromatic nitrogens is 2. The van der Waals surface area contributed by atoms with Crippen molar-refractivity contribution in [2.45, 2.75) is 39.3 Å². The van der Waals surface area contributed by atoms with Crippen LogP contribution in [0, 0.1) is 5.41 Å². The van der Waals surface area contributed by atoms with E-state index in [2.05, 4.69) is 0 Å². The van der Waals surface area contributed by atoms with Crippen molar-refractivity contribution >= 4 is 22.5 Å². The lowest BCUT2D eigenvalue weighted by Crippen LogP contribution is -2.28. The quantitative estimate of drug-likeness (QED) is 0.404.